The van der Waals surface area contributed by atoms with Crippen molar-refractivity contribution in [3.05, 3.63) is 84.7 Å². The number of nitrogens with zero attached hydrogens (tertiary/aromatic N) is 10. The SMILES string of the molecule is Cc1cn(C2C[C@@H](O)C(COP(=O)(O)O[C@@H]3CC(n4ccc(N)nc4=O)OC3COP(=O)(O)O[C@@H]3CC(n4cnc5c(=O)[nH]c(N)nc54)OC3COP(=O)(O)O[C@@H]3CC(n4cnc5c(N)ncnc54)OC3COP(=O)(O)O)O2)c(=O)[nH]c1=O. The van der Waals surface area contributed by atoms with Crippen molar-refractivity contribution in [2.24, 2.45) is 0 Å². The predicted molar refractivity (Wildman–Crippen MR) is 271 cm³/mol. The van der Waals surface area contributed by atoms with Gasteiger partial charge in [-0.1, -0.05) is 0 Å². The van der Waals surface area contributed by atoms with E-state index in [2.05, 4.69) is 44.4 Å². The van der Waals surface area contributed by atoms with E-state index in [0.717, 1.165) is 21.8 Å². The van der Waals surface area contributed by atoms with E-state index in [1.165, 1.54) is 40.8 Å². The number of hydrogen-bond acceptors (Lipinski definition) is 29. The Bertz CT molecular complexity index is 3850. The fourth-order valence-corrected chi connectivity index (χ4v) is 12.6. The highest BCUT2D eigenvalue weighted by Gasteiger charge is 2.49. The van der Waals surface area contributed by atoms with E-state index in [1.54, 1.807) is 0 Å². The minimum atomic E-state index is -5.45. The van der Waals surface area contributed by atoms with Gasteiger partial charge < -0.3 is 65.7 Å². The first-order valence-corrected chi connectivity index (χ1v) is 30.4. The van der Waals surface area contributed by atoms with Gasteiger partial charge in [-0.25, -0.2) is 47.8 Å². The Kier molecular flexibility index (Phi) is 17.1. The third-order valence-electron chi connectivity index (χ3n) is 13.2. The molecule has 10 rings (SSSR count). The molecule has 14 N–H and O–H groups in total. The van der Waals surface area contributed by atoms with E-state index in [-0.39, 0.29) is 58.3 Å². The van der Waals surface area contributed by atoms with Crippen LogP contribution >= 0.6 is 31.3 Å². The van der Waals surface area contributed by atoms with Crippen LogP contribution < -0.4 is 39.7 Å². The molecule has 4 fully saturated rings. The molecule has 4 saturated heterocycles. The lowest BCUT2D eigenvalue weighted by atomic mass is 10.2. The van der Waals surface area contributed by atoms with E-state index in [4.69, 9.17) is 63.3 Å². The van der Waals surface area contributed by atoms with Crippen LogP contribution in [-0.2, 0) is 68.9 Å². The summed E-state index contributed by atoms with van der Waals surface area (Å²) in [5.74, 6) is -0.505. The quantitative estimate of drug-likeness (QED) is 0.0326. The maximum absolute atomic E-state index is 14.0. The first-order chi connectivity index (χ1) is 39.1. The van der Waals surface area contributed by atoms with Crippen LogP contribution in [0.5, 0.6) is 0 Å². The third kappa shape index (κ3) is 13.8. The zero-order valence-corrected chi connectivity index (χ0v) is 46.1. The highest BCUT2D eigenvalue weighted by Crippen LogP contribution is 2.54. The lowest BCUT2D eigenvalue weighted by molar-refractivity contribution is -0.0630. The number of phosphoric ester groups is 4. The Labute approximate surface area is 461 Å². The number of nitrogens with one attached hydrogen (secondary N) is 2. The summed E-state index contributed by atoms with van der Waals surface area (Å²) in [5, 5.41) is 10.7. The second-order valence-corrected chi connectivity index (χ2v) is 24.4. The molecule has 0 radical (unpaired) electrons. The summed E-state index contributed by atoms with van der Waals surface area (Å²) in [5.41, 5.74) is 14.3. The number of fused-ring (bicyclic) bond motifs is 2. The Hall–Kier alpha value is -5.90. The van der Waals surface area contributed by atoms with Crippen LogP contribution in [0.3, 0.4) is 0 Å². The smallest absolute Gasteiger partial charge is 0.390 e. The molecule has 15 atom stereocenters. The van der Waals surface area contributed by atoms with Crippen molar-refractivity contribution in [3.8, 4) is 0 Å². The third-order valence-corrected chi connectivity index (χ3v) is 16.8. The van der Waals surface area contributed by atoms with Crippen molar-refractivity contribution in [1.82, 2.24) is 58.1 Å². The molecular weight excluding hydrogens is 1200 g/mol. The minimum Gasteiger partial charge on any atom is -0.390 e. The second-order valence-electron chi connectivity index (χ2n) is 18.9. The van der Waals surface area contributed by atoms with Gasteiger partial charge in [0.2, 0.25) is 5.95 Å². The molecule has 4 aliphatic heterocycles. The molecule has 6 aromatic rings. The number of rotatable bonds is 22. The summed E-state index contributed by atoms with van der Waals surface area (Å²) < 4.78 is 118. The molecule has 10 heterocycles. The molecule has 83 heavy (non-hydrogen) atoms. The number of H-pyrrole nitrogens is 2. The van der Waals surface area contributed by atoms with Gasteiger partial charge in [-0.3, -0.25) is 69.5 Å². The van der Waals surface area contributed by atoms with Crippen LogP contribution in [0.4, 0.5) is 17.6 Å². The highest BCUT2D eigenvalue weighted by atomic mass is 31.2. The molecule has 452 valence electrons. The number of aromatic nitrogens is 12. The van der Waals surface area contributed by atoms with Crippen molar-refractivity contribution in [3.63, 3.8) is 0 Å². The molecule has 0 spiro atoms. The van der Waals surface area contributed by atoms with Crippen LogP contribution in [0.15, 0.2) is 56.6 Å². The summed E-state index contributed by atoms with van der Waals surface area (Å²) >= 11 is 0. The number of anilines is 3. The summed E-state index contributed by atoms with van der Waals surface area (Å²) in [4.78, 5) is 131. The molecule has 11 unspecified atom stereocenters. The molecule has 0 bridgehead atoms. The van der Waals surface area contributed by atoms with Crippen LogP contribution in [-0.4, -0.2) is 163 Å². The van der Waals surface area contributed by atoms with Crippen molar-refractivity contribution < 1.29 is 98.4 Å². The molecule has 0 aliphatic carbocycles. The van der Waals surface area contributed by atoms with Crippen molar-refractivity contribution in [1.29, 1.82) is 0 Å². The van der Waals surface area contributed by atoms with Crippen molar-refractivity contribution in [2.45, 2.75) is 106 Å². The van der Waals surface area contributed by atoms with Crippen LogP contribution in [0.2, 0.25) is 0 Å². The zero-order valence-electron chi connectivity index (χ0n) is 42.5. The molecular formula is C39H51N15O25P4. The summed E-state index contributed by atoms with van der Waals surface area (Å²) in [6.45, 7) is -2.24. The average Bonchev–Trinajstić information content (AvgIpc) is 3.36. The van der Waals surface area contributed by atoms with Gasteiger partial charge in [-0.15, -0.1) is 0 Å². The van der Waals surface area contributed by atoms with Gasteiger partial charge in [0.15, 0.2) is 22.6 Å². The molecule has 0 aromatic carbocycles. The topological polar surface area (TPSA) is 566 Å². The van der Waals surface area contributed by atoms with Crippen LogP contribution in [0, 0.1) is 6.92 Å². The van der Waals surface area contributed by atoms with Gasteiger partial charge in [-0.2, -0.15) is 9.97 Å². The Balaban J connectivity index is 0.842. The lowest BCUT2D eigenvalue weighted by Gasteiger charge is -2.25. The summed E-state index contributed by atoms with van der Waals surface area (Å²) in [7, 11) is -21.2. The number of aliphatic hydroxyl groups excluding tert-OH is 1. The molecule has 44 heteroatoms. The summed E-state index contributed by atoms with van der Waals surface area (Å²) in [6, 6.07) is 1.23. The van der Waals surface area contributed by atoms with Gasteiger partial charge in [0, 0.05) is 43.6 Å². The molecule has 4 aliphatic rings. The zero-order chi connectivity index (χ0) is 59.5. The van der Waals surface area contributed by atoms with Gasteiger partial charge in [0.25, 0.3) is 11.1 Å². The lowest BCUT2D eigenvalue weighted by Crippen LogP contribution is -2.33. The number of ether oxygens (including phenoxy) is 4. The average molecular weight is 1250 g/mol. The Morgan fingerprint density at radius 1 is 0.602 bits per heavy atom. The number of aromatic amines is 2. The van der Waals surface area contributed by atoms with Crippen molar-refractivity contribution >= 4 is 71.2 Å². The predicted octanol–water partition coefficient (Wildman–Crippen LogP) is -2.05. The number of nitrogen functional groups attached to an aromatic ring is 3. The number of aryl methyl sites for hydroxylation is 1. The van der Waals surface area contributed by atoms with E-state index < -0.39 is 167 Å². The first kappa shape index (κ1) is 60.2. The van der Waals surface area contributed by atoms with Gasteiger partial charge in [0.1, 0.15) is 85.3 Å². The number of nitrogens with two attached hydrogens (primary N) is 3. The molecule has 0 amide bonds. The number of phosphoric acid groups is 4. The van der Waals surface area contributed by atoms with Gasteiger partial charge in [0.05, 0.1) is 45.2 Å². The molecule has 40 nitrogen and oxygen atoms in total. The normalized spacial score (nSPS) is 28.9. The second kappa shape index (κ2) is 23.5. The number of imidazole rings is 2. The number of aliphatic hydroxyl groups is 1. The largest absolute Gasteiger partial charge is 0.472 e. The highest BCUT2D eigenvalue weighted by molar-refractivity contribution is 7.48. The van der Waals surface area contributed by atoms with Crippen LogP contribution in [0.25, 0.3) is 22.3 Å². The first-order valence-electron chi connectivity index (χ1n) is 24.4. The maximum Gasteiger partial charge on any atom is 0.472 e. The Morgan fingerprint density at radius 3 is 1.65 bits per heavy atom. The van der Waals surface area contributed by atoms with E-state index >= 15 is 0 Å². The van der Waals surface area contributed by atoms with Crippen molar-refractivity contribution in [2.75, 3.05) is 43.6 Å². The minimum absolute atomic E-state index is 0.00427. The molecule has 0 saturated carbocycles. The summed E-state index contributed by atoms with van der Waals surface area (Å²) in [6.07, 6.45) is -12.6. The van der Waals surface area contributed by atoms with E-state index in [9.17, 15) is 67.0 Å². The molecule has 6 aromatic heterocycles. The van der Waals surface area contributed by atoms with E-state index in [1.807, 2.05) is 0 Å². The van der Waals surface area contributed by atoms with E-state index in [0.29, 0.717) is 0 Å². The fourth-order valence-electron chi connectivity index (χ4n) is 9.39. The fraction of sp³-hybridized carbons (Fsp3) is 0.538. The van der Waals surface area contributed by atoms with Gasteiger partial charge in [-0.05, 0) is 13.0 Å². The monoisotopic (exact) mass is 1250 g/mol. The maximum atomic E-state index is 14.0. The van der Waals surface area contributed by atoms with Crippen LogP contribution in [0.1, 0.15) is 56.2 Å². The Morgan fingerprint density at radius 2 is 1.10 bits per heavy atom. The standard InChI is InChI=1S/C39H51N15O25P4/c1-16-8-52(39(59)50-35(16)56)26-4-17(55)21(73-26)9-70-81(63,64)77-18-5-27(51-3-2-25(40)47-38(51)58)74-23(18)11-71-83(67,68)79-20-7-29(54-15-46-31-34(54)48-37(42)49-36(31)57)76-24(20)12-72-82(65,66)78-19-6-28(75-22(19)10-69-80(60,61)62)53-14-45-30-32(41)43-13-44-33(30)53/h2-3,8,13-15,17-24,26-29,55H,4-7,9-12H2,1H3,(H,63,64)(H,65,66)(H,67,68)(H2,40,47,58)(H2,41,43,44)(H,50,56,59)(H2,60,61,62)(H3,42,48,49,57)/t17-,18-,19-,20-,21?,22?,23?,24?,26?,27?,28?,29?/m1/s1. The van der Waals surface area contributed by atoms with Gasteiger partial charge >= 0.3 is 42.7 Å². The number of hydrogen-bond donors (Lipinski definition) is 11.